The van der Waals surface area contributed by atoms with Crippen LogP contribution in [0, 0.1) is 13.8 Å². The Morgan fingerprint density at radius 2 is 1.86 bits per heavy atom. The van der Waals surface area contributed by atoms with Crippen LogP contribution >= 0.6 is 0 Å². The van der Waals surface area contributed by atoms with Crippen LogP contribution in [0.15, 0.2) is 28.8 Å². The Bertz CT molecular complexity index is 840. The van der Waals surface area contributed by atoms with Crippen LogP contribution in [0.4, 0.5) is 16.2 Å². The lowest BCUT2D eigenvalue weighted by molar-refractivity contribution is -0.115. The number of aryl methyl sites for hydroxylation is 2. The number of hydrogen-bond donors (Lipinski definition) is 2. The number of hydrogen-bond acceptors (Lipinski definition) is 5. The monoisotopic (exact) mass is 385 g/mol. The lowest BCUT2D eigenvalue weighted by Gasteiger charge is -2.34. The van der Waals surface area contributed by atoms with Crippen molar-refractivity contribution in [3.63, 3.8) is 0 Å². The molecular weight excluding hydrogens is 358 g/mol. The molecule has 8 nitrogen and oxygen atoms in total. The highest BCUT2D eigenvalue weighted by atomic mass is 16.5. The Morgan fingerprint density at radius 3 is 2.50 bits per heavy atom. The Hall–Kier alpha value is -2.87. The molecule has 1 aliphatic heterocycles. The molecule has 0 aliphatic carbocycles. The molecule has 0 unspecified atom stereocenters. The molecule has 0 bridgehead atoms. The summed E-state index contributed by atoms with van der Waals surface area (Å²) in [5, 5.41) is 9.81. The quantitative estimate of drug-likeness (QED) is 0.826. The normalized spacial score (nSPS) is 14.8. The highest BCUT2D eigenvalue weighted by Gasteiger charge is 2.22. The van der Waals surface area contributed by atoms with E-state index in [4.69, 9.17) is 4.52 Å². The molecule has 3 rings (SSSR count). The van der Waals surface area contributed by atoms with Crippen molar-refractivity contribution in [2.24, 2.45) is 0 Å². The van der Waals surface area contributed by atoms with E-state index < -0.39 is 0 Å². The Balaban J connectivity index is 1.54. The first kappa shape index (κ1) is 19.9. The van der Waals surface area contributed by atoms with Gasteiger partial charge in [0.25, 0.3) is 0 Å². The smallest absolute Gasteiger partial charge is 0.321 e. The van der Waals surface area contributed by atoms with Crippen molar-refractivity contribution < 1.29 is 14.1 Å². The van der Waals surface area contributed by atoms with Gasteiger partial charge in [0, 0.05) is 56.6 Å². The Labute approximate surface area is 164 Å². The zero-order valence-electron chi connectivity index (χ0n) is 16.6. The van der Waals surface area contributed by atoms with Gasteiger partial charge in [-0.05, 0) is 31.5 Å². The molecule has 2 heterocycles. The second-order valence-corrected chi connectivity index (χ2v) is 7.05. The van der Waals surface area contributed by atoms with E-state index in [1.807, 2.05) is 32.0 Å². The summed E-state index contributed by atoms with van der Waals surface area (Å²) in [6.07, 6.45) is 0.410. The standard InChI is InChI=1S/C20H27N5O3/c1-4-19(26)21-16-6-5-14(2)18(12-16)22-20(27)25-9-7-24(8-10-25)13-17-11-15(3)28-23-17/h5-6,11-12H,4,7-10,13H2,1-3H3,(H,21,26)(H,22,27). The second kappa shape index (κ2) is 8.88. The molecule has 1 fully saturated rings. The fourth-order valence-electron chi connectivity index (χ4n) is 3.11. The van der Waals surface area contributed by atoms with Crippen molar-refractivity contribution in [2.75, 3.05) is 36.8 Å². The minimum atomic E-state index is -0.126. The van der Waals surface area contributed by atoms with Crippen LogP contribution in [0.2, 0.25) is 0 Å². The fourth-order valence-corrected chi connectivity index (χ4v) is 3.11. The molecule has 150 valence electrons. The molecule has 1 aromatic heterocycles. The van der Waals surface area contributed by atoms with Crippen molar-refractivity contribution in [2.45, 2.75) is 33.7 Å². The Kier molecular flexibility index (Phi) is 6.30. The summed E-state index contributed by atoms with van der Waals surface area (Å²) in [5.41, 5.74) is 3.25. The molecule has 1 aliphatic rings. The maximum absolute atomic E-state index is 12.7. The fraction of sp³-hybridized carbons (Fsp3) is 0.450. The number of amides is 3. The topological polar surface area (TPSA) is 90.7 Å². The molecule has 28 heavy (non-hydrogen) atoms. The van der Waals surface area contributed by atoms with Crippen LogP contribution in [-0.2, 0) is 11.3 Å². The number of urea groups is 1. The van der Waals surface area contributed by atoms with Crippen LogP contribution in [0.25, 0.3) is 0 Å². The van der Waals surface area contributed by atoms with Gasteiger partial charge in [0.05, 0.1) is 5.69 Å². The zero-order chi connectivity index (χ0) is 20.1. The Morgan fingerprint density at radius 1 is 1.11 bits per heavy atom. The van der Waals surface area contributed by atoms with Crippen LogP contribution in [0.1, 0.15) is 30.4 Å². The SMILES string of the molecule is CCC(=O)Nc1ccc(C)c(NC(=O)N2CCN(Cc3cc(C)on3)CC2)c1. The van der Waals surface area contributed by atoms with Crippen LogP contribution in [0.3, 0.4) is 0 Å². The minimum Gasteiger partial charge on any atom is -0.361 e. The van der Waals surface area contributed by atoms with Gasteiger partial charge in [0.15, 0.2) is 0 Å². The number of nitrogens with zero attached hydrogens (tertiary/aromatic N) is 3. The van der Waals surface area contributed by atoms with E-state index in [-0.39, 0.29) is 11.9 Å². The first-order valence-corrected chi connectivity index (χ1v) is 9.55. The summed E-state index contributed by atoms with van der Waals surface area (Å²) in [6, 6.07) is 7.33. The predicted octanol–water partition coefficient (Wildman–Crippen LogP) is 2.99. The summed E-state index contributed by atoms with van der Waals surface area (Å²) >= 11 is 0. The maximum Gasteiger partial charge on any atom is 0.321 e. The van der Waals surface area contributed by atoms with Crippen LogP contribution in [0.5, 0.6) is 0 Å². The zero-order valence-corrected chi connectivity index (χ0v) is 16.6. The molecule has 2 aromatic rings. The molecule has 2 N–H and O–H groups in total. The van der Waals surface area contributed by atoms with Gasteiger partial charge >= 0.3 is 6.03 Å². The highest BCUT2D eigenvalue weighted by Crippen LogP contribution is 2.21. The number of piperazine rings is 1. The van der Waals surface area contributed by atoms with E-state index in [9.17, 15) is 9.59 Å². The maximum atomic E-state index is 12.7. The van der Waals surface area contributed by atoms with E-state index in [2.05, 4.69) is 20.7 Å². The number of aromatic nitrogens is 1. The summed E-state index contributed by atoms with van der Waals surface area (Å²) in [4.78, 5) is 28.3. The van der Waals surface area contributed by atoms with E-state index in [0.717, 1.165) is 36.7 Å². The average Bonchev–Trinajstić information content (AvgIpc) is 3.09. The average molecular weight is 385 g/mol. The van der Waals surface area contributed by atoms with Crippen LogP contribution < -0.4 is 10.6 Å². The lowest BCUT2D eigenvalue weighted by atomic mass is 10.1. The number of carbonyl (C=O) groups excluding carboxylic acids is 2. The number of carbonyl (C=O) groups is 2. The first-order chi connectivity index (χ1) is 13.4. The molecule has 0 spiro atoms. The molecule has 0 atom stereocenters. The number of rotatable bonds is 5. The van der Waals surface area contributed by atoms with E-state index in [1.165, 1.54) is 0 Å². The van der Waals surface area contributed by atoms with Gasteiger partial charge in [-0.25, -0.2) is 4.79 Å². The number of nitrogens with one attached hydrogen (secondary N) is 2. The molecule has 3 amide bonds. The van der Waals surface area contributed by atoms with Crippen molar-refractivity contribution in [3.8, 4) is 0 Å². The predicted molar refractivity (Wildman–Crippen MR) is 107 cm³/mol. The van der Waals surface area contributed by atoms with Gasteiger partial charge in [0.1, 0.15) is 5.76 Å². The summed E-state index contributed by atoms with van der Waals surface area (Å²) in [6.45, 7) is 9.20. The molecule has 0 saturated carbocycles. The number of anilines is 2. The molecular formula is C20H27N5O3. The van der Waals surface area contributed by atoms with Gasteiger partial charge < -0.3 is 20.1 Å². The number of benzene rings is 1. The third kappa shape index (κ3) is 5.10. The van der Waals surface area contributed by atoms with Gasteiger partial charge in [0.2, 0.25) is 5.91 Å². The van der Waals surface area contributed by atoms with Gasteiger partial charge in [-0.1, -0.05) is 18.1 Å². The first-order valence-electron chi connectivity index (χ1n) is 9.55. The largest absolute Gasteiger partial charge is 0.361 e. The molecule has 8 heteroatoms. The van der Waals surface area contributed by atoms with Crippen molar-refractivity contribution in [1.82, 2.24) is 15.0 Å². The van der Waals surface area contributed by atoms with Crippen molar-refractivity contribution >= 4 is 23.3 Å². The third-order valence-corrected chi connectivity index (χ3v) is 4.81. The highest BCUT2D eigenvalue weighted by molar-refractivity contribution is 5.94. The van der Waals surface area contributed by atoms with Crippen LogP contribution in [-0.4, -0.2) is 53.1 Å². The molecule has 0 radical (unpaired) electrons. The summed E-state index contributed by atoms with van der Waals surface area (Å²) in [7, 11) is 0. The van der Waals surface area contributed by atoms with Crippen molar-refractivity contribution in [3.05, 3.63) is 41.3 Å². The van der Waals surface area contributed by atoms with Gasteiger partial charge in [-0.2, -0.15) is 0 Å². The second-order valence-electron chi connectivity index (χ2n) is 7.05. The van der Waals surface area contributed by atoms with Gasteiger partial charge in [-0.15, -0.1) is 0 Å². The summed E-state index contributed by atoms with van der Waals surface area (Å²) < 4.78 is 5.11. The minimum absolute atomic E-state index is 0.0560. The van der Waals surface area contributed by atoms with E-state index in [0.29, 0.717) is 30.9 Å². The van der Waals surface area contributed by atoms with E-state index >= 15 is 0 Å². The lowest BCUT2D eigenvalue weighted by Crippen LogP contribution is -2.49. The molecule has 1 saturated heterocycles. The van der Waals surface area contributed by atoms with Crippen molar-refractivity contribution in [1.29, 1.82) is 0 Å². The summed E-state index contributed by atoms with van der Waals surface area (Å²) in [5.74, 6) is 0.750. The third-order valence-electron chi connectivity index (χ3n) is 4.81. The van der Waals surface area contributed by atoms with Gasteiger partial charge in [-0.3, -0.25) is 9.69 Å². The van der Waals surface area contributed by atoms with E-state index in [1.54, 1.807) is 17.9 Å². The molecule has 1 aromatic carbocycles.